The van der Waals surface area contributed by atoms with E-state index in [1.54, 1.807) is 0 Å². The van der Waals surface area contributed by atoms with Crippen LogP contribution in [0.25, 0.3) is 0 Å². The van der Waals surface area contributed by atoms with Gasteiger partial charge in [0.2, 0.25) is 0 Å². The molecule has 1 aromatic carbocycles. The maximum atomic E-state index is 10.3. The Balaban J connectivity index is 2.00. The molecule has 0 amide bonds. The van der Waals surface area contributed by atoms with Crippen molar-refractivity contribution < 1.29 is 10.2 Å². The van der Waals surface area contributed by atoms with E-state index in [4.69, 9.17) is 5.11 Å². The van der Waals surface area contributed by atoms with E-state index in [1.165, 1.54) is 0 Å². The molecule has 2 rings (SSSR count). The van der Waals surface area contributed by atoms with E-state index < -0.39 is 5.60 Å². The molecule has 0 spiro atoms. The van der Waals surface area contributed by atoms with Gasteiger partial charge in [-0.05, 0) is 12.0 Å². The van der Waals surface area contributed by atoms with E-state index in [9.17, 15) is 5.11 Å². The summed E-state index contributed by atoms with van der Waals surface area (Å²) in [6.07, 6.45) is 1.27. The van der Waals surface area contributed by atoms with Gasteiger partial charge < -0.3 is 15.5 Å². The minimum Gasteiger partial charge on any atom is -0.395 e. The third kappa shape index (κ3) is 2.56. The summed E-state index contributed by atoms with van der Waals surface area (Å²) < 4.78 is 0. The van der Waals surface area contributed by atoms with Crippen LogP contribution in [-0.4, -0.2) is 35.0 Å². The van der Waals surface area contributed by atoms with Gasteiger partial charge in [-0.3, -0.25) is 0 Å². The second-order valence-corrected chi connectivity index (χ2v) is 4.35. The van der Waals surface area contributed by atoms with Crippen molar-refractivity contribution in [1.82, 2.24) is 5.32 Å². The predicted molar refractivity (Wildman–Crippen MR) is 58.6 cm³/mol. The lowest BCUT2D eigenvalue weighted by molar-refractivity contribution is 0.0568. The minimum absolute atomic E-state index is 0.0405. The van der Waals surface area contributed by atoms with Gasteiger partial charge in [0.25, 0.3) is 0 Å². The van der Waals surface area contributed by atoms with Crippen molar-refractivity contribution in [3.63, 3.8) is 0 Å². The first kappa shape index (κ1) is 10.6. The summed E-state index contributed by atoms with van der Waals surface area (Å²) in [6, 6.07) is 10.00. The summed E-state index contributed by atoms with van der Waals surface area (Å²) in [5, 5.41) is 22.4. The normalized spacial score (nSPS) is 30.7. The maximum Gasteiger partial charge on any atom is 0.0827 e. The summed E-state index contributed by atoms with van der Waals surface area (Å²) >= 11 is 0. The molecule has 1 aromatic rings. The standard InChI is InChI=1S/C12H17NO2/c14-8-11-7-12(15,9-13-11)6-10-4-2-1-3-5-10/h1-5,11,13-15H,6-9H2/t11-,12?/m1/s1. The van der Waals surface area contributed by atoms with Crippen LogP contribution in [0.4, 0.5) is 0 Å². The Labute approximate surface area is 89.8 Å². The molecule has 3 N–H and O–H groups in total. The zero-order valence-corrected chi connectivity index (χ0v) is 8.69. The van der Waals surface area contributed by atoms with Crippen molar-refractivity contribution in [2.45, 2.75) is 24.5 Å². The molecule has 1 heterocycles. The highest BCUT2D eigenvalue weighted by Gasteiger charge is 2.36. The summed E-state index contributed by atoms with van der Waals surface area (Å²) in [5.41, 5.74) is 0.440. The van der Waals surface area contributed by atoms with E-state index in [-0.39, 0.29) is 12.6 Å². The van der Waals surface area contributed by atoms with Gasteiger partial charge in [0.15, 0.2) is 0 Å². The van der Waals surface area contributed by atoms with E-state index in [0.29, 0.717) is 19.4 Å². The van der Waals surface area contributed by atoms with Crippen LogP contribution >= 0.6 is 0 Å². The van der Waals surface area contributed by atoms with Gasteiger partial charge in [0.1, 0.15) is 0 Å². The Hall–Kier alpha value is -0.900. The molecular weight excluding hydrogens is 190 g/mol. The first-order valence-electron chi connectivity index (χ1n) is 5.32. The predicted octanol–water partition coefficient (Wildman–Crippen LogP) is 0.314. The molecular formula is C12H17NO2. The van der Waals surface area contributed by atoms with Crippen LogP contribution < -0.4 is 5.32 Å². The maximum absolute atomic E-state index is 10.3. The molecule has 3 nitrogen and oxygen atoms in total. The molecule has 1 unspecified atom stereocenters. The van der Waals surface area contributed by atoms with Crippen LogP contribution in [0.3, 0.4) is 0 Å². The molecule has 15 heavy (non-hydrogen) atoms. The van der Waals surface area contributed by atoms with Gasteiger partial charge >= 0.3 is 0 Å². The molecule has 1 fully saturated rings. The first-order chi connectivity index (χ1) is 7.22. The van der Waals surface area contributed by atoms with Gasteiger partial charge in [-0.15, -0.1) is 0 Å². The third-order valence-corrected chi connectivity index (χ3v) is 2.94. The summed E-state index contributed by atoms with van der Waals surface area (Å²) in [5.74, 6) is 0. The number of aliphatic hydroxyl groups is 2. The number of aliphatic hydroxyl groups excluding tert-OH is 1. The van der Waals surface area contributed by atoms with Gasteiger partial charge in [0.05, 0.1) is 12.2 Å². The molecule has 0 radical (unpaired) electrons. The molecule has 3 heteroatoms. The summed E-state index contributed by atoms with van der Waals surface area (Å²) in [6.45, 7) is 0.657. The lowest BCUT2D eigenvalue weighted by Gasteiger charge is -2.21. The fourth-order valence-electron chi connectivity index (χ4n) is 2.18. The molecule has 82 valence electrons. The zero-order chi connectivity index (χ0) is 10.7. The van der Waals surface area contributed by atoms with E-state index >= 15 is 0 Å². The fourth-order valence-corrected chi connectivity index (χ4v) is 2.18. The minimum atomic E-state index is -0.700. The third-order valence-electron chi connectivity index (χ3n) is 2.94. The molecule has 0 aromatic heterocycles. The number of hydrogen-bond donors (Lipinski definition) is 3. The second kappa shape index (κ2) is 4.31. The monoisotopic (exact) mass is 207 g/mol. The topological polar surface area (TPSA) is 52.5 Å². The Morgan fingerprint density at radius 1 is 1.33 bits per heavy atom. The number of nitrogens with one attached hydrogen (secondary N) is 1. The smallest absolute Gasteiger partial charge is 0.0827 e. The van der Waals surface area contributed by atoms with Gasteiger partial charge in [-0.25, -0.2) is 0 Å². The molecule has 1 aliphatic rings. The average molecular weight is 207 g/mol. The van der Waals surface area contributed by atoms with Crippen molar-refractivity contribution in [2.75, 3.05) is 13.2 Å². The quantitative estimate of drug-likeness (QED) is 0.669. The second-order valence-electron chi connectivity index (χ2n) is 4.35. The van der Waals surface area contributed by atoms with Crippen LogP contribution in [0.2, 0.25) is 0 Å². The van der Waals surface area contributed by atoms with Crippen LogP contribution in [0.1, 0.15) is 12.0 Å². The van der Waals surface area contributed by atoms with Crippen molar-refractivity contribution >= 4 is 0 Å². The van der Waals surface area contributed by atoms with Gasteiger partial charge in [0, 0.05) is 19.0 Å². The zero-order valence-electron chi connectivity index (χ0n) is 8.69. The number of benzene rings is 1. The highest BCUT2D eigenvalue weighted by atomic mass is 16.3. The van der Waals surface area contributed by atoms with Crippen LogP contribution in [0.5, 0.6) is 0 Å². The number of rotatable bonds is 3. The van der Waals surface area contributed by atoms with Crippen molar-refractivity contribution in [3.8, 4) is 0 Å². The summed E-state index contributed by atoms with van der Waals surface area (Å²) in [7, 11) is 0. The number of β-amino-alcohol motifs (C(OH)–C–C–N with tert-alkyl or cyclic N) is 1. The van der Waals surface area contributed by atoms with Crippen LogP contribution in [0.15, 0.2) is 30.3 Å². The van der Waals surface area contributed by atoms with Gasteiger partial charge in [-0.1, -0.05) is 30.3 Å². The lowest BCUT2D eigenvalue weighted by atomic mass is 9.92. The van der Waals surface area contributed by atoms with Crippen molar-refractivity contribution in [2.24, 2.45) is 0 Å². The van der Waals surface area contributed by atoms with E-state index in [1.807, 2.05) is 30.3 Å². The molecule has 0 bridgehead atoms. The SMILES string of the molecule is OC[C@H]1CC(O)(Cc2ccccc2)CN1. The molecule has 1 saturated heterocycles. The molecule has 2 atom stereocenters. The molecule has 0 saturated carbocycles. The highest BCUT2D eigenvalue weighted by molar-refractivity contribution is 5.18. The van der Waals surface area contributed by atoms with Gasteiger partial charge in [-0.2, -0.15) is 0 Å². The van der Waals surface area contributed by atoms with Crippen molar-refractivity contribution in [1.29, 1.82) is 0 Å². The van der Waals surface area contributed by atoms with Crippen molar-refractivity contribution in [3.05, 3.63) is 35.9 Å². The summed E-state index contributed by atoms with van der Waals surface area (Å²) in [4.78, 5) is 0. The first-order valence-corrected chi connectivity index (χ1v) is 5.32. The Bertz CT molecular complexity index is 315. The largest absolute Gasteiger partial charge is 0.395 e. The van der Waals surface area contributed by atoms with E-state index in [0.717, 1.165) is 5.56 Å². The highest BCUT2D eigenvalue weighted by Crippen LogP contribution is 2.23. The van der Waals surface area contributed by atoms with E-state index in [2.05, 4.69) is 5.32 Å². The lowest BCUT2D eigenvalue weighted by Crippen LogP contribution is -2.33. The Morgan fingerprint density at radius 2 is 2.07 bits per heavy atom. The molecule has 0 aliphatic carbocycles. The van der Waals surface area contributed by atoms with Crippen LogP contribution in [-0.2, 0) is 6.42 Å². The molecule has 1 aliphatic heterocycles. The van der Waals surface area contributed by atoms with Crippen LogP contribution in [0, 0.1) is 0 Å². The Morgan fingerprint density at radius 3 is 2.67 bits per heavy atom. The number of hydrogen-bond acceptors (Lipinski definition) is 3. The Kier molecular flexibility index (Phi) is 3.05. The average Bonchev–Trinajstić information content (AvgIpc) is 2.61. The fraction of sp³-hybridized carbons (Fsp3) is 0.500.